The normalized spacial score (nSPS) is 15.6. The van der Waals surface area contributed by atoms with Gasteiger partial charge in [0.1, 0.15) is 0 Å². The molecule has 0 aliphatic carbocycles. The Bertz CT molecular complexity index is 168. The van der Waals surface area contributed by atoms with E-state index in [4.69, 9.17) is 0 Å². The highest BCUT2D eigenvalue weighted by atomic mass is 28.5. The summed E-state index contributed by atoms with van der Waals surface area (Å²) in [5.74, 6) is -0.633. The molecule has 0 fully saturated rings. The predicted molar refractivity (Wildman–Crippen MR) is 50.9 cm³/mol. The third kappa shape index (κ3) is 7.48. The first-order chi connectivity index (χ1) is 6.16. The van der Waals surface area contributed by atoms with Gasteiger partial charge in [0.15, 0.2) is 0 Å². The van der Waals surface area contributed by atoms with Crippen LogP contribution in [0.1, 0.15) is 20.3 Å². The second-order valence-electron chi connectivity index (χ2n) is 3.67. The zero-order chi connectivity index (χ0) is 11.4. The quantitative estimate of drug-likeness (QED) is 0.375. The van der Waals surface area contributed by atoms with Crippen molar-refractivity contribution in [2.45, 2.75) is 38.4 Å². The van der Waals surface area contributed by atoms with Crippen LogP contribution in [0.3, 0.4) is 0 Å². The zero-order valence-electron chi connectivity index (χ0n) is 8.30. The zero-order valence-corrected chi connectivity index (χ0v) is 10.3. The molecule has 0 aliphatic heterocycles. The molecule has 0 aromatic rings. The van der Waals surface area contributed by atoms with Crippen LogP contribution in [0.4, 0.5) is 20.5 Å². The topological polar surface area (TPSA) is 0 Å². The van der Waals surface area contributed by atoms with E-state index in [0.717, 1.165) is 0 Å². The fourth-order valence-electron chi connectivity index (χ4n) is 1.13. The van der Waals surface area contributed by atoms with Crippen LogP contribution in [0.5, 0.6) is 0 Å². The molecule has 0 N–H and O–H groups in total. The molecule has 0 rings (SSSR count). The van der Waals surface area contributed by atoms with Gasteiger partial charge in [0.25, 0.3) is 0 Å². The van der Waals surface area contributed by atoms with Crippen molar-refractivity contribution in [1.29, 1.82) is 0 Å². The molecule has 0 saturated carbocycles. The Morgan fingerprint density at radius 3 is 1.93 bits per heavy atom. The van der Waals surface area contributed by atoms with Crippen molar-refractivity contribution in [3.05, 3.63) is 0 Å². The first kappa shape index (κ1) is 14.1. The molecule has 86 valence electrons. The van der Waals surface area contributed by atoms with E-state index < -0.39 is 29.8 Å². The van der Waals surface area contributed by atoms with E-state index in [0.29, 0.717) is 0 Å². The lowest BCUT2D eigenvalue weighted by atomic mass is 10.2. The first-order valence-corrected chi connectivity index (χ1v) is 8.62. The molecule has 0 heterocycles. The van der Waals surface area contributed by atoms with Gasteiger partial charge in [-0.25, -0.2) is 12.3 Å². The summed E-state index contributed by atoms with van der Waals surface area (Å²) in [6.45, 7) is 2.80. The monoisotopic (exact) mass is 250 g/mol. The number of halogens is 5. The Hall–Kier alpha value is 0.0838. The van der Waals surface area contributed by atoms with E-state index in [1.54, 1.807) is 0 Å². The lowest BCUT2D eigenvalue weighted by molar-refractivity contribution is 0.430. The molecule has 1 unspecified atom stereocenters. The van der Waals surface area contributed by atoms with Crippen LogP contribution in [0.15, 0.2) is 0 Å². The van der Waals surface area contributed by atoms with E-state index in [1.165, 1.54) is 13.8 Å². The molecule has 1 atom stereocenters. The molecule has 0 bridgehead atoms. The Balaban J connectivity index is 3.80. The largest absolute Gasteiger partial charge is 0.616 e. The first-order valence-electron chi connectivity index (χ1n) is 4.61. The van der Waals surface area contributed by atoms with Crippen molar-refractivity contribution in [3.8, 4) is 0 Å². The summed E-state index contributed by atoms with van der Waals surface area (Å²) in [6, 6.07) is -1.28. The molecular weight excluding hydrogens is 235 g/mol. The third-order valence-electron chi connectivity index (χ3n) is 2.10. The maximum atomic E-state index is 12.8. The standard InChI is InChI=1S/C7H15F5Si2/c1-3-13(8,9)5-4-7(2)6-14(10,11)12/h7H,3-6H2,1-2H3. The van der Waals surface area contributed by atoms with Crippen LogP contribution >= 0.6 is 0 Å². The highest BCUT2D eigenvalue weighted by molar-refractivity contribution is 6.66. The van der Waals surface area contributed by atoms with Crippen molar-refractivity contribution in [2.24, 2.45) is 5.92 Å². The smallest absolute Gasteiger partial charge is 0.270 e. The van der Waals surface area contributed by atoms with Crippen molar-refractivity contribution < 1.29 is 20.5 Å². The van der Waals surface area contributed by atoms with Crippen LogP contribution in [0.2, 0.25) is 18.1 Å². The molecule has 0 radical (unpaired) electrons. The van der Waals surface area contributed by atoms with Gasteiger partial charge in [-0.3, -0.25) is 8.22 Å². The van der Waals surface area contributed by atoms with Crippen molar-refractivity contribution in [1.82, 2.24) is 0 Å². The maximum Gasteiger partial charge on any atom is 0.616 e. The van der Waals surface area contributed by atoms with Crippen LogP contribution < -0.4 is 0 Å². The summed E-state index contributed by atoms with van der Waals surface area (Å²) in [4.78, 5) is 0. The average molecular weight is 250 g/mol. The van der Waals surface area contributed by atoms with Gasteiger partial charge in [0.2, 0.25) is 0 Å². The van der Waals surface area contributed by atoms with Crippen LogP contribution in [-0.4, -0.2) is 17.8 Å². The summed E-state index contributed by atoms with van der Waals surface area (Å²) in [5, 5.41) is 0. The minimum Gasteiger partial charge on any atom is -0.270 e. The Labute approximate surface area is 83.4 Å². The Morgan fingerprint density at radius 1 is 1.07 bits per heavy atom. The van der Waals surface area contributed by atoms with E-state index in [9.17, 15) is 20.5 Å². The fraction of sp³-hybridized carbons (Fsp3) is 1.00. The molecule has 0 aliphatic rings. The van der Waals surface area contributed by atoms with E-state index in [1.807, 2.05) is 0 Å². The predicted octanol–water partition coefficient (Wildman–Crippen LogP) is 4.26. The van der Waals surface area contributed by atoms with Gasteiger partial charge < -0.3 is 0 Å². The summed E-state index contributed by atoms with van der Waals surface area (Å²) in [7, 11) is -9.72. The number of hydrogen-bond donors (Lipinski definition) is 0. The molecule has 14 heavy (non-hydrogen) atoms. The molecule has 0 saturated heterocycles. The second-order valence-corrected chi connectivity index (χ2v) is 8.23. The summed E-state index contributed by atoms with van der Waals surface area (Å²) >= 11 is 0. The highest BCUT2D eigenvalue weighted by Crippen LogP contribution is 2.28. The molecule has 0 spiro atoms. The third-order valence-corrected chi connectivity index (χ3v) is 5.31. The van der Waals surface area contributed by atoms with Gasteiger partial charge in [-0.15, -0.1) is 0 Å². The van der Waals surface area contributed by atoms with Gasteiger partial charge in [-0.2, -0.15) is 0 Å². The minimum absolute atomic E-state index is 0.0135. The van der Waals surface area contributed by atoms with Gasteiger partial charge in [-0.05, 0) is 24.4 Å². The van der Waals surface area contributed by atoms with Crippen molar-refractivity contribution in [3.63, 3.8) is 0 Å². The Morgan fingerprint density at radius 2 is 1.57 bits per heavy atom. The molecule has 0 aromatic heterocycles. The molecule has 7 heteroatoms. The number of hydrogen-bond acceptors (Lipinski definition) is 0. The summed E-state index contributed by atoms with van der Waals surface area (Å²) < 4.78 is 61.5. The van der Waals surface area contributed by atoms with Crippen molar-refractivity contribution in [2.75, 3.05) is 0 Å². The fourth-order valence-corrected chi connectivity index (χ4v) is 3.39. The van der Waals surface area contributed by atoms with Gasteiger partial charge in [-0.1, -0.05) is 13.8 Å². The lowest BCUT2D eigenvalue weighted by Crippen LogP contribution is -2.23. The minimum atomic E-state index is -5.56. The van der Waals surface area contributed by atoms with E-state index >= 15 is 0 Å². The number of rotatable bonds is 6. The van der Waals surface area contributed by atoms with Gasteiger partial charge >= 0.3 is 17.8 Å². The Kier molecular flexibility index (Phi) is 5.28. The molecule has 0 amide bonds. The van der Waals surface area contributed by atoms with Crippen LogP contribution in [0, 0.1) is 5.92 Å². The average Bonchev–Trinajstić information content (AvgIpc) is 1.98. The second kappa shape index (κ2) is 5.25. The molecular formula is C7H15F5Si2. The van der Waals surface area contributed by atoms with Crippen molar-refractivity contribution >= 4 is 17.8 Å². The van der Waals surface area contributed by atoms with Gasteiger partial charge in [0.05, 0.1) is 0 Å². The van der Waals surface area contributed by atoms with E-state index in [-0.39, 0.29) is 18.5 Å². The van der Waals surface area contributed by atoms with Crippen LogP contribution in [0.25, 0.3) is 0 Å². The lowest BCUT2D eigenvalue weighted by Gasteiger charge is -2.15. The van der Waals surface area contributed by atoms with Gasteiger partial charge in [0, 0.05) is 6.04 Å². The van der Waals surface area contributed by atoms with Crippen LogP contribution in [-0.2, 0) is 0 Å². The maximum absolute atomic E-state index is 12.8. The SMILES string of the molecule is CC[Si](F)(F)CCC(C)C[Si](F)(F)F. The molecule has 0 nitrogen and oxygen atoms in total. The summed E-state index contributed by atoms with van der Waals surface area (Å²) in [5.41, 5.74) is 0. The summed E-state index contributed by atoms with van der Waals surface area (Å²) in [6.07, 6.45) is 0.0135. The van der Waals surface area contributed by atoms with E-state index in [2.05, 4.69) is 0 Å². The molecule has 0 aromatic carbocycles. The highest BCUT2D eigenvalue weighted by Gasteiger charge is 2.39.